The van der Waals surface area contributed by atoms with Crippen LogP contribution in [0.3, 0.4) is 0 Å². The van der Waals surface area contributed by atoms with Gasteiger partial charge in [-0.15, -0.1) is 0 Å². The largest absolute Gasteiger partial charge is 0.548 e. The first-order chi connectivity index (χ1) is 12.3. The van der Waals surface area contributed by atoms with Crippen molar-refractivity contribution >= 4 is 46.3 Å². The third-order valence-electron chi connectivity index (χ3n) is 3.92. The second-order valence-corrected chi connectivity index (χ2v) is 7.79. The first kappa shape index (κ1) is 18.4. The van der Waals surface area contributed by atoms with Gasteiger partial charge in [0, 0.05) is 11.6 Å². The quantitative estimate of drug-likeness (QED) is 0.581. The van der Waals surface area contributed by atoms with Crippen molar-refractivity contribution in [1.29, 1.82) is 0 Å². The van der Waals surface area contributed by atoms with E-state index in [4.69, 9.17) is 16.6 Å². The van der Waals surface area contributed by atoms with Crippen LogP contribution in [0.1, 0.15) is 31.1 Å². The lowest BCUT2D eigenvalue weighted by Gasteiger charge is -2.14. The van der Waals surface area contributed by atoms with E-state index in [-0.39, 0.29) is 4.32 Å². The van der Waals surface area contributed by atoms with E-state index in [1.165, 1.54) is 5.56 Å². The molecule has 1 amide bonds. The number of benzene rings is 1. The lowest BCUT2D eigenvalue weighted by molar-refractivity contribution is -0.305. The van der Waals surface area contributed by atoms with Crippen LogP contribution in [-0.2, 0) is 9.59 Å². The van der Waals surface area contributed by atoms with Gasteiger partial charge in [-0.3, -0.25) is 9.69 Å². The van der Waals surface area contributed by atoms with Crippen molar-refractivity contribution in [2.45, 2.75) is 19.8 Å². The molecule has 1 aromatic carbocycles. The molecule has 0 spiro atoms. The molecule has 1 aliphatic heterocycles. The number of amides is 1. The average Bonchev–Trinajstić information content (AvgIpc) is 3.15. The summed E-state index contributed by atoms with van der Waals surface area (Å²) < 4.78 is 6.00. The maximum absolute atomic E-state index is 12.3. The number of carbonyl (C=O) groups is 2. The molecule has 5 nitrogen and oxygen atoms in total. The lowest BCUT2D eigenvalue weighted by atomic mass is 10.0. The first-order valence-electron chi connectivity index (χ1n) is 8.00. The Bertz CT molecular complexity index is 897. The van der Waals surface area contributed by atoms with E-state index in [9.17, 15) is 14.7 Å². The van der Waals surface area contributed by atoms with E-state index in [1.807, 2.05) is 18.2 Å². The summed E-state index contributed by atoms with van der Waals surface area (Å²) in [6, 6.07) is 11.7. The van der Waals surface area contributed by atoms with Crippen LogP contribution in [-0.4, -0.2) is 27.6 Å². The molecular formula is C19H16NO4S2-. The van der Waals surface area contributed by atoms with Crippen molar-refractivity contribution < 1.29 is 19.1 Å². The third-order valence-corrected chi connectivity index (χ3v) is 5.30. The van der Waals surface area contributed by atoms with Crippen molar-refractivity contribution in [2.75, 3.05) is 6.54 Å². The molecule has 134 valence electrons. The van der Waals surface area contributed by atoms with Crippen molar-refractivity contribution in [1.82, 2.24) is 4.90 Å². The number of furan rings is 1. The molecule has 0 saturated carbocycles. The highest BCUT2D eigenvalue weighted by atomic mass is 32.2. The molecule has 2 heterocycles. The zero-order valence-electron chi connectivity index (χ0n) is 14.2. The maximum atomic E-state index is 12.3. The molecule has 3 rings (SSSR count). The standard InChI is InChI=1S/C19H17NO4S2/c1-11(2)12-3-5-13(6-4-12)15-8-7-14(24-15)9-16-18(23)20(10-17(21)22)19(25)26-16/h3-9,11H,10H2,1-2H3,(H,21,22)/p-1/b16-9-. The Morgan fingerprint density at radius 1 is 1.27 bits per heavy atom. The zero-order chi connectivity index (χ0) is 18.8. The van der Waals surface area contributed by atoms with Crippen LogP contribution in [0.2, 0.25) is 0 Å². The molecule has 1 aliphatic rings. The molecule has 0 atom stereocenters. The highest BCUT2D eigenvalue weighted by molar-refractivity contribution is 8.26. The Morgan fingerprint density at radius 2 is 1.96 bits per heavy atom. The smallest absolute Gasteiger partial charge is 0.266 e. The summed E-state index contributed by atoms with van der Waals surface area (Å²) in [7, 11) is 0. The number of hydrogen-bond acceptors (Lipinski definition) is 6. The predicted molar refractivity (Wildman–Crippen MR) is 103 cm³/mol. The van der Waals surface area contributed by atoms with Gasteiger partial charge in [0.15, 0.2) is 0 Å². The molecule has 26 heavy (non-hydrogen) atoms. The van der Waals surface area contributed by atoms with E-state index < -0.39 is 18.4 Å². The number of hydrogen-bond donors (Lipinski definition) is 0. The van der Waals surface area contributed by atoms with Gasteiger partial charge in [-0.05, 0) is 23.6 Å². The zero-order valence-corrected chi connectivity index (χ0v) is 15.9. The van der Waals surface area contributed by atoms with Gasteiger partial charge >= 0.3 is 0 Å². The van der Waals surface area contributed by atoms with Gasteiger partial charge in [0.1, 0.15) is 15.8 Å². The van der Waals surface area contributed by atoms with Crippen LogP contribution in [0.5, 0.6) is 0 Å². The van der Waals surface area contributed by atoms with Gasteiger partial charge in [0.05, 0.1) is 17.4 Å². The highest BCUT2D eigenvalue weighted by Crippen LogP contribution is 2.33. The molecule has 0 radical (unpaired) electrons. The van der Waals surface area contributed by atoms with E-state index in [0.717, 1.165) is 22.2 Å². The van der Waals surface area contributed by atoms with Gasteiger partial charge in [-0.1, -0.05) is 62.1 Å². The normalized spacial score (nSPS) is 16.1. The molecule has 1 saturated heterocycles. The second kappa shape index (κ2) is 7.47. The number of carboxylic acid groups (broad SMARTS) is 1. The van der Waals surface area contributed by atoms with Gasteiger partial charge in [-0.25, -0.2) is 0 Å². The molecule has 0 N–H and O–H groups in total. The fraction of sp³-hybridized carbons (Fsp3) is 0.211. The van der Waals surface area contributed by atoms with Crippen molar-refractivity contribution in [3.63, 3.8) is 0 Å². The molecule has 0 unspecified atom stereocenters. The second-order valence-electron chi connectivity index (χ2n) is 6.12. The minimum absolute atomic E-state index is 0.196. The Kier molecular flexibility index (Phi) is 5.29. The minimum atomic E-state index is -1.35. The van der Waals surface area contributed by atoms with E-state index in [1.54, 1.807) is 12.1 Å². The molecule has 2 aromatic rings. The van der Waals surface area contributed by atoms with Gasteiger partial charge in [0.2, 0.25) is 0 Å². The van der Waals surface area contributed by atoms with E-state index in [2.05, 4.69) is 26.0 Å². The van der Waals surface area contributed by atoms with Crippen molar-refractivity contribution in [3.8, 4) is 11.3 Å². The molecule has 1 aromatic heterocycles. The van der Waals surface area contributed by atoms with Crippen molar-refractivity contribution in [2.24, 2.45) is 0 Å². The summed E-state index contributed by atoms with van der Waals surface area (Å²) >= 11 is 6.10. The fourth-order valence-corrected chi connectivity index (χ4v) is 3.75. The van der Waals surface area contributed by atoms with Crippen molar-refractivity contribution in [3.05, 3.63) is 52.6 Å². The summed E-state index contributed by atoms with van der Waals surface area (Å²) in [6.07, 6.45) is 1.57. The number of thioether (sulfide) groups is 1. The first-order valence-corrected chi connectivity index (χ1v) is 9.23. The monoisotopic (exact) mass is 386 g/mol. The molecule has 0 bridgehead atoms. The summed E-state index contributed by atoms with van der Waals surface area (Å²) in [5.41, 5.74) is 2.19. The number of thiocarbonyl (C=S) groups is 1. The van der Waals surface area contributed by atoms with Gasteiger partial charge in [0.25, 0.3) is 5.91 Å². The number of rotatable bonds is 5. The summed E-state index contributed by atoms with van der Waals surface area (Å²) in [5, 5.41) is 10.7. The maximum Gasteiger partial charge on any atom is 0.266 e. The molecule has 7 heteroatoms. The number of carbonyl (C=O) groups excluding carboxylic acids is 2. The predicted octanol–water partition coefficient (Wildman–Crippen LogP) is 3.02. The van der Waals surface area contributed by atoms with E-state index in [0.29, 0.717) is 22.3 Å². The van der Waals surface area contributed by atoms with Gasteiger partial charge in [-0.2, -0.15) is 0 Å². The third kappa shape index (κ3) is 3.89. The lowest BCUT2D eigenvalue weighted by Crippen LogP contribution is -2.40. The molecular weight excluding hydrogens is 370 g/mol. The Labute approximate surface area is 160 Å². The summed E-state index contributed by atoms with van der Waals surface area (Å²) in [5.74, 6) is -0.158. The number of aliphatic carboxylic acids is 1. The highest BCUT2D eigenvalue weighted by Gasteiger charge is 2.32. The minimum Gasteiger partial charge on any atom is -0.548 e. The van der Waals surface area contributed by atoms with Crippen LogP contribution in [0.4, 0.5) is 0 Å². The van der Waals surface area contributed by atoms with E-state index >= 15 is 0 Å². The Morgan fingerprint density at radius 3 is 2.58 bits per heavy atom. The molecule has 0 aliphatic carbocycles. The molecule has 1 fully saturated rings. The number of nitrogens with zero attached hydrogens (tertiary/aromatic N) is 1. The van der Waals surface area contributed by atoms with Crippen LogP contribution in [0, 0.1) is 0 Å². The Hall–Kier alpha value is -2.38. The van der Waals surface area contributed by atoms with Crippen LogP contribution in [0.15, 0.2) is 45.7 Å². The summed E-state index contributed by atoms with van der Waals surface area (Å²) in [4.78, 5) is 24.3. The Balaban J connectivity index is 1.80. The summed E-state index contributed by atoms with van der Waals surface area (Å²) in [6.45, 7) is 3.72. The fourth-order valence-electron chi connectivity index (χ4n) is 2.51. The van der Waals surface area contributed by atoms with Gasteiger partial charge < -0.3 is 14.3 Å². The van der Waals surface area contributed by atoms with Crippen LogP contribution >= 0.6 is 24.0 Å². The number of carboxylic acids is 1. The average molecular weight is 386 g/mol. The van der Waals surface area contributed by atoms with Crippen LogP contribution in [0.25, 0.3) is 17.4 Å². The van der Waals surface area contributed by atoms with Crippen LogP contribution < -0.4 is 5.11 Å². The topological polar surface area (TPSA) is 73.6 Å². The SMILES string of the molecule is CC(C)c1ccc(-c2ccc(/C=C3\SC(=S)N(CC(=O)[O-])C3=O)o2)cc1.